The molecule has 0 aliphatic heterocycles. The highest BCUT2D eigenvalue weighted by Crippen LogP contribution is 2.37. The highest BCUT2D eigenvalue weighted by atomic mass is 16.5. The summed E-state index contributed by atoms with van der Waals surface area (Å²) in [4.78, 5) is 15.4. The third kappa shape index (κ3) is 3.86. The number of hydrogen-bond acceptors (Lipinski definition) is 6. The lowest BCUT2D eigenvalue weighted by molar-refractivity contribution is 0.368. The Hall–Kier alpha value is -3.67. The molecular weight excluding hydrogens is 350 g/mol. The fourth-order valence-corrected chi connectivity index (χ4v) is 2.90. The molecule has 0 atom stereocenters. The van der Waals surface area contributed by atoms with E-state index in [-0.39, 0.29) is 5.95 Å². The van der Waals surface area contributed by atoms with Gasteiger partial charge in [0.05, 0.1) is 12.8 Å². The average molecular weight is 373 g/mol. The van der Waals surface area contributed by atoms with Crippen molar-refractivity contribution in [3.8, 4) is 22.4 Å². The second-order valence-corrected chi connectivity index (χ2v) is 6.29. The molecule has 0 unspecified atom stereocenters. The van der Waals surface area contributed by atoms with Crippen LogP contribution in [0.15, 0.2) is 67.4 Å². The quantitative estimate of drug-likeness (QED) is 0.519. The minimum atomic E-state index is 0.173. The molecule has 0 aliphatic rings. The van der Waals surface area contributed by atoms with Gasteiger partial charge in [0.1, 0.15) is 17.3 Å². The van der Waals surface area contributed by atoms with Crippen LogP contribution in [0.4, 0.5) is 11.8 Å². The van der Waals surface area contributed by atoms with Gasteiger partial charge in [-0.3, -0.25) is 0 Å². The van der Waals surface area contributed by atoms with Crippen LogP contribution in [0, 0.1) is 0 Å². The maximum atomic E-state index is 6.06. The molecule has 2 N–H and O–H groups in total. The van der Waals surface area contributed by atoms with Crippen LogP contribution >= 0.6 is 0 Å². The largest absolute Gasteiger partial charge is 0.494 e. The van der Waals surface area contributed by atoms with Gasteiger partial charge < -0.3 is 15.4 Å². The maximum absolute atomic E-state index is 6.06. The summed E-state index contributed by atoms with van der Waals surface area (Å²) in [6.07, 6.45) is 5.18. The molecule has 3 aromatic rings. The van der Waals surface area contributed by atoms with Crippen LogP contribution in [0.3, 0.4) is 0 Å². The summed E-state index contributed by atoms with van der Waals surface area (Å²) in [5.41, 5.74) is 10.1. The SMILES string of the molecule is C=C/C=C(\OC)c1nc(N)nc(-c2ccccc2)c1-c1ccnc(N(C)C)c1. The van der Waals surface area contributed by atoms with Crippen molar-refractivity contribution in [2.75, 3.05) is 31.8 Å². The number of hydrogen-bond donors (Lipinski definition) is 1. The summed E-state index contributed by atoms with van der Waals surface area (Å²) >= 11 is 0. The number of allylic oxidation sites excluding steroid dienone is 2. The van der Waals surface area contributed by atoms with E-state index in [2.05, 4.69) is 21.5 Å². The number of ether oxygens (including phenoxy) is 1. The van der Waals surface area contributed by atoms with E-state index in [0.717, 1.165) is 28.2 Å². The van der Waals surface area contributed by atoms with Crippen LogP contribution in [-0.4, -0.2) is 36.2 Å². The Labute approximate surface area is 165 Å². The number of anilines is 2. The zero-order valence-electron chi connectivity index (χ0n) is 16.3. The van der Waals surface area contributed by atoms with Gasteiger partial charge in [0.15, 0.2) is 0 Å². The lowest BCUT2D eigenvalue weighted by Crippen LogP contribution is -2.11. The van der Waals surface area contributed by atoms with Crippen molar-refractivity contribution in [3.63, 3.8) is 0 Å². The van der Waals surface area contributed by atoms with Crippen molar-refractivity contribution in [1.29, 1.82) is 0 Å². The zero-order valence-corrected chi connectivity index (χ0v) is 16.3. The molecule has 6 nitrogen and oxygen atoms in total. The van der Waals surface area contributed by atoms with E-state index in [0.29, 0.717) is 11.5 Å². The van der Waals surface area contributed by atoms with E-state index in [1.807, 2.05) is 61.5 Å². The van der Waals surface area contributed by atoms with E-state index in [1.54, 1.807) is 25.5 Å². The molecule has 2 aromatic heterocycles. The van der Waals surface area contributed by atoms with Gasteiger partial charge in [-0.05, 0) is 23.8 Å². The van der Waals surface area contributed by atoms with Gasteiger partial charge in [0.2, 0.25) is 5.95 Å². The standard InChI is InChI=1S/C22H23N5O/c1-5-9-17(28-4)21-19(16-12-13-24-18(14-16)27(2)3)20(25-22(23)26-21)15-10-7-6-8-11-15/h5-14H,1H2,2-4H3,(H2,23,25,26)/b17-9-. The van der Waals surface area contributed by atoms with Crippen molar-refractivity contribution in [3.05, 3.63) is 73.1 Å². The minimum Gasteiger partial charge on any atom is -0.494 e. The molecule has 0 aliphatic carbocycles. The highest BCUT2D eigenvalue weighted by molar-refractivity contribution is 5.89. The first-order valence-electron chi connectivity index (χ1n) is 8.79. The molecule has 1 aromatic carbocycles. The predicted octanol–water partition coefficient (Wildman–Crippen LogP) is 4.03. The third-order valence-electron chi connectivity index (χ3n) is 4.19. The van der Waals surface area contributed by atoms with Crippen LogP contribution in [-0.2, 0) is 4.74 Å². The Morgan fingerprint density at radius 1 is 1.11 bits per heavy atom. The predicted molar refractivity (Wildman–Crippen MR) is 115 cm³/mol. The van der Waals surface area contributed by atoms with Crippen molar-refractivity contribution < 1.29 is 4.74 Å². The number of nitrogen functional groups attached to an aromatic ring is 1. The van der Waals surface area contributed by atoms with Gasteiger partial charge in [-0.2, -0.15) is 0 Å². The molecule has 0 saturated heterocycles. The topological polar surface area (TPSA) is 77.2 Å². The number of nitrogens with two attached hydrogens (primary N) is 1. The Bertz CT molecular complexity index is 1010. The average Bonchev–Trinajstić information content (AvgIpc) is 2.72. The molecule has 0 bridgehead atoms. The van der Waals surface area contributed by atoms with Gasteiger partial charge in [-0.1, -0.05) is 43.0 Å². The van der Waals surface area contributed by atoms with Crippen LogP contribution in [0.1, 0.15) is 5.69 Å². The number of pyridine rings is 1. The van der Waals surface area contributed by atoms with Gasteiger partial charge in [-0.25, -0.2) is 15.0 Å². The molecule has 0 saturated carbocycles. The molecule has 142 valence electrons. The van der Waals surface area contributed by atoms with Crippen molar-refractivity contribution in [2.24, 2.45) is 0 Å². The summed E-state index contributed by atoms with van der Waals surface area (Å²) in [7, 11) is 5.49. The normalized spacial score (nSPS) is 11.2. The first-order valence-corrected chi connectivity index (χ1v) is 8.79. The van der Waals surface area contributed by atoms with Gasteiger partial charge in [0.25, 0.3) is 0 Å². The summed E-state index contributed by atoms with van der Waals surface area (Å²) in [6.45, 7) is 3.77. The first-order chi connectivity index (χ1) is 13.5. The molecule has 0 amide bonds. The number of nitrogens with zero attached hydrogens (tertiary/aromatic N) is 4. The monoisotopic (exact) mass is 373 g/mol. The fourth-order valence-electron chi connectivity index (χ4n) is 2.90. The second kappa shape index (κ2) is 8.35. The molecule has 28 heavy (non-hydrogen) atoms. The molecule has 6 heteroatoms. The molecular formula is C22H23N5O. The minimum absolute atomic E-state index is 0.173. The van der Waals surface area contributed by atoms with Crippen LogP contribution in [0.2, 0.25) is 0 Å². The number of benzene rings is 1. The summed E-state index contributed by atoms with van der Waals surface area (Å²) < 4.78 is 5.58. The zero-order chi connectivity index (χ0) is 20.1. The van der Waals surface area contributed by atoms with E-state index in [1.165, 1.54) is 0 Å². The molecule has 0 spiro atoms. The van der Waals surface area contributed by atoms with Crippen LogP contribution in [0.25, 0.3) is 28.1 Å². The molecule has 0 radical (unpaired) electrons. The molecule has 2 heterocycles. The summed E-state index contributed by atoms with van der Waals surface area (Å²) in [6, 6.07) is 13.8. The lowest BCUT2D eigenvalue weighted by atomic mass is 9.97. The lowest BCUT2D eigenvalue weighted by Gasteiger charge is -2.18. The molecule has 3 rings (SSSR count). The van der Waals surface area contributed by atoms with Gasteiger partial charge >= 0.3 is 0 Å². The third-order valence-corrected chi connectivity index (χ3v) is 4.19. The second-order valence-electron chi connectivity index (χ2n) is 6.29. The van der Waals surface area contributed by atoms with Gasteiger partial charge in [0, 0.05) is 31.4 Å². The van der Waals surface area contributed by atoms with Crippen molar-refractivity contribution in [1.82, 2.24) is 15.0 Å². The molecule has 0 fully saturated rings. The number of aromatic nitrogens is 3. The van der Waals surface area contributed by atoms with Gasteiger partial charge in [-0.15, -0.1) is 0 Å². The Kier molecular flexibility index (Phi) is 5.69. The van der Waals surface area contributed by atoms with Crippen molar-refractivity contribution in [2.45, 2.75) is 0 Å². The van der Waals surface area contributed by atoms with E-state index in [4.69, 9.17) is 10.5 Å². The summed E-state index contributed by atoms with van der Waals surface area (Å²) in [5.74, 6) is 1.55. The van der Waals surface area contributed by atoms with E-state index < -0.39 is 0 Å². The first kappa shape index (κ1) is 19.1. The fraction of sp³-hybridized carbons (Fsp3) is 0.136. The Morgan fingerprint density at radius 3 is 2.50 bits per heavy atom. The van der Waals surface area contributed by atoms with Crippen molar-refractivity contribution >= 4 is 17.5 Å². The maximum Gasteiger partial charge on any atom is 0.221 e. The number of methoxy groups -OCH3 is 1. The van der Waals surface area contributed by atoms with Crippen LogP contribution < -0.4 is 10.6 Å². The smallest absolute Gasteiger partial charge is 0.221 e. The Morgan fingerprint density at radius 2 is 1.86 bits per heavy atom. The highest BCUT2D eigenvalue weighted by Gasteiger charge is 2.20. The number of rotatable bonds is 6. The van der Waals surface area contributed by atoms with E-state index in [9.17, 15) is 0 Å². The van der Waals surface area contributed by atoms with Crippen LogP contribution in [0.5, 0.6) is 0 Å². The Balaban J connectivity index is 2.38. The van der Waals surface area contributed by atoms with E-state index >= 15 is 0 Å². The summed E-state index contributed by atoms with van der Waals surface area (Å²) in [5, 5.41) is 0.